The normalized spacial score (nSPS) is 12.2. The first-order chi connectivity index (χ1) is 11.7. The van der Waals surface area contributed by atoms with E-state index in [2.05, 4.69) is 84.6 Å². The van der Waals surface area contributed by atoms with E-state index in [1.54, 1.807) is 0 Å². The van der Waals surface area contributed by atoms with Crippen molar-refractivity contribution in [2.24, 2.45) is 0 Å². The Morgan fingerprint density at radius 3 is 1.62 bits per heavy atom. The topological polar surface area (TPSA) is 29.3 Å². The van der Waals surface area contributed by atoms with Crippen molar-refractivity contribution in [1.82, 2.24) is 4.90 Å². The van der Waals surface area contributed by atoms with Gasteiger partial charge in [-0.25, -0.2) is 0 Å². The number of nitrogen functional groups attached to an aromatic ring is 1. The standard InChI is InChI=1S/C22H24N2/c1-18(21-12-14-22(23)15-13-21)24(16-19-8-4-2-5-9-19)17-20-10-6-3-7-11-20/h2-15,18H,16-17,23H2,1H3. The Hall–Kier alpha value is -2.58. The summed E-state index contributed by atoms with van der Waals surface area (Å²) in [4.78, 5) is 2.50. The molecule has 24 heavy (non-hydrogen) atoms. The summed E-state index contributed by atoms with van der Waals surface area (Å²) >= 11 is 0. The van der Waals surface area contributed by atoms with Crippen LogP contribution in [0.3, 0.4) is 0 Å². The highest BCUT2D eigenvalue weighted by Crippen LogP contribution is 2.25. The first kappa shape index (κ1) is 16.3. The maximum atomic E-state index is 5.84. The van der Waals surface area contributed by atoms with Crippen LogP contribution in [0.1, 0.15) is 29.7 Å². The van der Waals surface area contributed by atoms with E-state index in [1.165, 1.54) is 16.7 Å². The van der Waals surface area contributed by atoms with E-state index in [0.29, 0.717) is 6.04 Å². The van der Waals surface area contributed by atoms with Crippen LogP contribution in [0.4, 0.5) is 5.69 Å². The van der Waals surface area contributed by atoms with Crippen molar-refractivity contribution in [2.75, 3.05) is 5.73 Å². The Labute approximate surface area is 144 Å². The molecule has 3 aromatic carbocycles. The van der Waals surface area contributed by atoms with Crippen LogP contribution in [-0.4, -0.2) is 4.90 Å². The van der Waals surface area contributed by atoms with Gasteiger partial charge < -0.3 is 5.73 Å². The Bertz CT molecular complexity index is 694. The van der Waals surface area contributed by atoms with Gasteiger partial charge in [-0.05, 0) is 35.7 Å². The molecular weight excluding hydrogens is 292 g/mol. The predicted molar refractivity (Wildman–Crippen MR) is 101 cm³/mol. The third-order valence-corrected chi connectivity index (χ3v) is 4.42. The molecule has 122 valence electrons. The molecule has 0 aromatic heterocycles. The molecule has 0 heterocycles. The number of nitrogens with zero attached hydrogens (tertiary/aromatic N) is 1. The van der Waals surface area contributed by atoms with E-state index in [4.69, 9.17) is 5.73 Å². The highest BCUT2D eigenvalue weighted by molar-refractivity contribution is 5.40. The summed E-state index contributed by atoms with van der Waals surface area (Å²) in [6.07, 6.45) is 0. The Kier molecular flexibility index (Phi) is 5.29. The van der Waals surface area contributed by atoms with Crippen LogP contribution in [0.2, 0.25) is 0 Å². The monoisotopic (exact) mass is 316 g/mol. The van der Waals surface area contributed by atoms with Crippen LogP contribution in [0.25, 0.3) is 0 Å². The van der Waals surface area contributed by atoms with Gasteiger partial charge in [0.1, 0.15) is 0 Å². The molecule has 0 amide bonds. The molecule has 3 rings (SSSR count). The average molecular weight is 316 g/mol. The minimum absolute atomic E-state index is 0.311. The smallest absolute Gasteiger partial charge is 0.0326 e. The summed E-state index contributed by atoms with van der Waals surface area (Å²) in [6.45, 7) is 4.10. The van der Waals surface area contributed by atoms with Crippen LogP contribution in [0, 0.1) is 0 Å². The first-order valence-corrected chi connectivity index (χ1v) is 8.40. The van der Waals surface area contributed by atoms with Gasteiger partial charge in [-0.3, -0.25) is 4.90 Å². The van der Waals surface area contributed by atoms with E-state index in [1.807, 2.05) is 12.1 Å². The van der Waals surface area contributed by atoms with Gasteiger partial charge >= 0.3 is 0 Å². The fourth-order valence-electron chi connectivity index (χ4n) is 2.95. The summed E-state index contributed by atoms with van der Waals surface area (Å²) in [7, 11) is 0. The highest BCUT2D eigenvalue weighted by atomic mass is 15.1. The second-order valence-corrected chi connectivity index (χ2v) is 6.22. The van der Waals surface area contributed by atoms with Crippen LogP contribution in [0.5, 0.6) is 0 Å². The molecule has 0 aliphatic carbocycles. The number of nitrogens with two attached hydrogens (primary N) is 1. The summed E-state index contributed by atoms with van der Waals surface area (Å²) in [5, 5.41) is 0. The van der Waals surface area contributed by atoms with Gasteiger partial charge in [0.25, 0.3) is 0 Å². The molecule has 1 atom stereocenters. The molecule has 0 spiro atoms. The third-order valence-electron chi connectivity index (χ3n) is 4.42. The molecule has 1 unspecified atom stereocenters. The van der Waals surface area contributed by atoms with Crippen molar-refractivity contribution in [1.29, 1.82) is 0 Å². The summed E-state index contributed by atoms with van der Waals surface area (Å²) in [6, 6.07) is 29.8. The van der Waals surface area contributed by atoms with E-state index in [-0.39, 0.29) is 0 Å². The van der Waals surface area contributed by atoms with Gasteiger partial charge in [-0.2, -0.15) is 0 Å². The predicted octanol–water partition coefficient (Wildman–Crippen LogP) is 5.03. The number of benzene rings is 3. The largest absolute Gasteiger partial charge is 0.399 e. The number of hydrogen-bond acceptors (Lipinski definition) is 2. The van der Waals surface area contributed by atoms with E-state index >= 15 is 0 Å². The molecule has 0 fully saturated rings. The molecule has 0 saturated carbocycles. The summed E-state index contributed by atoms with van der Waals surface area (Å²) in [5.74, 6) is 0. The number of hydrogen-bond donors (Lipinski definition) is 1. The first-order valence-electron chi connectivity index (χ1n) is 8.40. The van der Waals surface area contributed by atoms with Gasteiger partial charge in [-0.1, -0.05) is 72.8 Å². The second kappa shape index (κ2) is 7.80. The van der Waals surface area contributed by atoms with Gasteiger partial charge in [0.05, 0.1) is 0 Å². The van der Waals surface area contributed by atoms with Crippen LogP contribution in [-0.2, 0) is 13.1 Å². The lowest BCUT2D eigenvalue weighted by Crippen LogP contribution is -2.26. The van der Waals surface area contributed by atoms with E-state index in [0.717, 1.165) is 18.8 Å². The zero-order chi connectivity index (χ0) is 16.8. The summed E-state index contributed by atoms with van der Waals surface area (Å²) in [5.41, 5.74) is 10.6. The lowest BCUT2D eigenvalue weighted by atomic mass is 10.0. The summed E-state index contributed by atoms with van der Waals surface area (Å²) < 4.78 is 0. The van der Waals surface area contributed by atoms with Gasteiger partial charge in [0.2, 0.25) is 0 Å². The highest BCUT2D eigenvalue weighted by Gasteiger charge is 2.16. The Morgan fingerprint density at radius 1 is 0.708 bits per heavy atom. The Morgan fingerprint density at radius 2 is 1.17 bits per heavy atom. The Balaban J connectivity index is 1.84. The quantitative estimate of drug-likeness (QED) is 0.646. The van der Waals surface area contributed by atoms with Crippen molar-refractivity contribution >= 4 is 5.69 Å². The van der Waals surface area contributed by atoms with Gasteiger partial charge in [-0.15, -0.1) is 0 Å². The van der Waals surface area contributed by atoms with Gasteiger partial charge in [0.15, 0.2) is 0 Å². The minimum atomic E-state index is 0.311. The lowest BCUT2D eigenvalue weighted by Gasteiger charge is -2.30. The maximum Gasteiger partial charge on any atom is 0.0326 e. The molecular formula is C22H24N2. The van der Waals surface area contributed by atoms with Gasteiger partial charge in [0, 0.05) is 24.8 Å². The fourth-order valence-corrected chi connectivity index (χ4v) is 2.95. The van der Waals surface area contributed by atoms with E-state index in [9.17, 15) is 0 Å². The van der Waals surface area contributed by atoms with Crippen LogP contribution in [0.15, 0.2) is 84.9 Å². The zero-order valence-corrected chi connectivity index (χ0v) is 14.1. The minimum Gasteiger partial charge on any atom is -0.399 e. The van der Waals surface area contributed by atoms with Crippen molar-refractivity contribution < 1.29 is 0 Å². The van der Waals surface area contributed by atoms with Crippen molar-refractivity contribution in [3.05, 3.63) is 102 Å². The van der Waals surface area contributed by atoms with Crippen LogP contribution >= 0.6 is 0 Å². The zero-order valence-electron chi connectivity index (χ0n) is 14.1. The molecule has 2 heteroatoms. The van der Waals surface area contributed by atoms with Crippen molar-refractivity contribution in [2.45, 2.75) is 26.1 Å². The third kappa shape index (κ3) is 4.24. The molecule has 2 nitrogen and oxygen atoms in total. The molecule has 3 aromatic rings. The molecule has 0 aliphatic rings. The van der Waals surface area contributed by atoms with Crippen LogP contribution < -0.4 is 5.73 Å². The number of anilines is 1. The lowest BCUT2D eigenvalue weighted by molar-refractivity contribution is 0.192. The van der Waals surface area contributed by atoms with Crippen molar-refractivity contribution in [3.8, 4) is 0 Å². The van der Waals surface area contributed by atoms with E-state index < -0.39 is 0 Å². The fraction of sp³-hybridized carbons (Fsp3) is 0.182. The second-order valence-electron chi connectivity index (χ2n) is 6.22. The number of rotatable bonds is 6. The molecule has 0 saturated heterocycles. The molecule has 0 bridgehead atoms. The molecule has 0 radical (unpaired) electrons. The van der Waals surface area contributed by atoms with Crippen molar-refractivity contribution in [3.63, 3.8) is 0 Å². The SMILES string of the molecule is CC(c1ccc(N)cc1)N(Cc1ccccc1)Cc1ccccc1. The molecule has 2 N–H and O–H groups in total. The maximum absolute atomic E-state index is 5.84. The average Bonchev–Trinajstić information content (AvgIpc) is 2.63. The molecule has 0 aliphatic heterocycles.